The molecular weight excluding hydrogens is 266 g/mol. The van der Waals surface area contributed by atoms with Crippen molar-refractivity contribution in [2.75, 3.05) is 13.1 Å². The Bertz CT molecular complexity index is 523. The predicted molar refractivity (Wildman–Crippen MR) is 81.1 cm³/mol. The van der Waals surface area contributed by atoms with Gasteiger partial charge < -0.3 is 10.0 Å². The van der Waals surface area contributed by atoms with Gasteiger partial charge in [-0.15, -0.1) is 0 Å². The summed E-state index contributed by atoms with van der Waals surface area (Å²) in [6, 6.07) is 8.35. The zero-order valence-corrected chi connectivity index (χ0v) is 12.8. The summed E-state index contributed by atoms with van der Waals surface area (Å²) >= 11 is 0. The van der Waals surface area contributed by atoms with Crippen molar-refractivity contribution in [3.05, 3.63) is 35.4 Å². The van der Waals surface area contributed by atoms with Crippen molar-refractivity contribution >= 4 is 11.9 Å². The molecule has 4 nitrogen and oxygen atoms in total. The van der Waals surface area contributed by atoms with Crippen molar-refractivity contribution < 1.29 is 14.7 Å². The number of rotatable bonds is 5. The topological polar surface area (TPSA) is 57.6 Å². The second-order valence-corrected chi connectivity index (χ2v) is 6.27. The van der Waals surface area contributed by atoms with Crippen molar-refractivity contribution in [3.63, 3.8) is 0 Å². The minimum Gasteiger partial charge on any atom is -0.481 e. The third-order valence-corrected chi connectivity index (χ3v) is 4.32. The number of benzene rings is 1. The molecule has 21 heavy (non-hydrogen) atoms. The largest absolute Gasteiger partial charge is 0.481 e. The molecule has 1 aliphatic rings. The second kappa shape index (κ2) is 6.29. The molecule has 4 heteroatoms. The average molecular weight is 289 g/mol. The average Bonchev–Trinajstić information content (AvgIpc) is 2.85. The molecule has 0 aliphatic carbocycles. The van der Waals surface area contributed by atoms with Gasteiger partial charge in [0.25, 0.3) is 0 Å². The van der Waals surface area contributed by atoms with Crippen LogP contribution in [0.1, 0.15) is 37.3 Å². The fourth-order valence-corrected chi connectivity index (χ4v) is 2.71. The van der Waals surface area contributed by atoms with E-state index in [4.69, 9.17) is 0 Å². The van der Waals surface area contributed by atoms with Crippen LogP contribution in [0, 0.1) is 12.3 Å². The summed E-state index contributed by atoms with van der Waals surface area (Å²) in [5.74, 6) is -0.732. The molecule has 0 spiro atoms. The fraction of sp³-hybridized carbons (Fsp3) is 0.529. The Kier molecular flexibility index (Phi) is 4.66. The first-order valence-electron chi connectivity index (χ1n) is 7.47. The summed E-state index contributed by atoms with van der Waals surface area (Å²) in [5, 5.41) is 9.18. The lowest BCUT2D eigenvalue weighted by Gasteiger charge is -2.20. The van der Waals surface area contributed by atoms with Gasteiger partial charge in [0, 0.05) is 19.5 Å². The van der Waals surface area contributed by atoms with Gasteiger partial charge in [-0.05, 0) is 38.7 Å². The number of likely N-dealkylation sites (tertiary alicyclic amines) is 1. The number of carbonyl (C=O) groups is 2. The zero-order chi connectivity index (χ0) is 15.5. The summed E-state index contributed by atoms with van der Waals surface area (Å²) in [7, 11) is 0. The van der Waals surface area contributed by atoms with Gasteiger partial charge >= 0.3 is 5.97 Å². The van der Waals surface area contributed by atoms with E-state index in [0.29, 0.717) is 25.9 Å². The molecule has 1 unspecified atom stereocenters. The number of nitrogens with zero attached hydrogens (tertiary/aromatic N) is 1. The summed E-state index contributed by atoms with van der Waals surface area (Å²) in [5.41, 5.74) is 1.71. The number of aryl methyl sites for hydroxylation is 2. The normalized spacial score (nSPS) is 21.5. The summed E-state index contributed by atoms with van der Waals surface area (Å²) in [6.07, 6.45) is 2.73. The first-order valence-corrected chi connectivity index (χ1v) is 7.47. The summed E-state index contributed by atoms with van der Waals surface area (Å²) in [6.45, 7) is 4.67. The van der Waals surface area contributed by atoms with E-state index in [1.54, 1.807) is 11.8 Å². The quantitative estimate of drug-likeness (QED) is 0.906. The lowest BCUT2D eigenvalue weighted by Crippen LogP contribution is -2.34. The lowest BCUT2D eigenvalue weighted by atomic mass is 9.90. The molecule has 1 aromatic rings. The maximum atomic E-state index is 12.1. The number of carboxylic acids is 1. The van der Waals surface area contributed by atoms with Crippen LogP contribution in [0.2, 0.25) is 0 Å². The molecule has 1 aliphatic heterocycles. The van der Waals surface area contributed by atoms with E-state index >= 15 is 0 Å². The number of hydrogen-bond acceptors (Lipinski definition) is 2. The van der Waals surface area contributed by atoms with E-state index in [0.717, 1.165) is 12.8 Å². The highest BCUT2D eigenvalue weighted by Gasteiger charge is 2.41. The highest BCUT2D eigenvalue weighted by molar-refractivity contribution is 5.80. The highest BCUT2D eigenvalue weighted by Crippen LogP contribution is 2.30. The Morgan fingerprint density at radius 1 is 1.29 bits per heavy atom. The molecule has 1 heterocycles. The Hall–Kier alpha value is -1.84. The van der Waals surface area contributed by atoms with E-state index < -0.39 is 11.4 Å². The molecular formula is C17H23NO3. The molecule has 0 saturated carbocycles. The van der Waals surface area contributed by atoms with E-state index in [1.807, 2.05) is 0 Å². The maximum Gasteiger partial charge on any atom is 0.311 e. The van der Waals surface area contributed by atoms with E-state index in [9.17, 15) is 14.7 Å². The number of hydrogen-bond donors (Lipinski definition) is 1. The van der Waals surface area contributed by atoms with Crippen LogP contribution in [-0.2, 0) is 16.0 Å². The Morgan fingerprint density at radius 2 is 1.95 bits per heavy atom. The first-order chi connectivity index (χ1) is 9.90. The van der Waals surface area contributed by atoms with Gasteiger partial charge in [-0.3, -0.25) is 9.59 Å². The van der Waals surface area contributed by atoms with Crippen LogP contribution < -0.4 is 0 Å². The van der Waals surface area contributed by atoms with Gasteiger partial charge in [-0.2, -0.15) is 0 Å². The van der Waals surface area contributed by atoms with Gasteiger partial charge in [-0.25, -0.2) is 0 Å². The molecule has 2 rings (SSSR count). The van der Waals surface area contributed by atoms with Gasteiger partial charge in [-0.1, -0.05) is 29.8 Å². The van der Waals surface area contributed by atoms with Crippen LogP contribution in [0.4, 0.5) is 0 Å². The van der Waals surface area contributed by atoms with Crippen LogP contribution in [-0.4, -0.2) is 35.0 Å². The molecule has 1 amide bonds. The Balaban J connectivity index is 1.78. The fourth-order valence-electron chi connectivity index (χ4n) is 2.71. The van der Waals surface area contributed by atoms with Crippen LogP contribution >= 0.6 is 0 Å². The van der Waals surface area contributed by atoms with Crippen molar-refractivity contribution in [1.82, 2.24) is 4.90 Å². The number of amides is 1. The maximum absolute atomic E-state index is 12.1. The molecule has 0 bridgehead atoms. The van der Waals surface area contributed by atoms with Crippen LogP contribution in [0.5, 0.6) is 0 Å². The van der Waals surface area contributed by atoms with E-state index in [-0.39, 0.29) is 5.91 Å². The standard InChI is InChI=1S/C17H23NO3/c1-13-6-8-14(9-7-13)4-3-5-15(19)18-11-10-17(2,12-18)16(20)21/h6-9H,3-5,10-12H2,1-2H3,(H,20,21). The van der Waals surface area contributed by atoms with Crippen LogP contribution in [0.3, 0.4) is 0 Å². The Labute approximate surface area is 125 Å². The van der Waals surface area contributed by atoms with Crippen molar-refractivity contribution in [3.8, 4) is 0 Å². The zero-order valence-electron chi connectivity index (χ0n) is 12.8. The number of aliphatic carboxylic acids is 1. The number of carbonyl (C=O) groups excluding carboxylic acids is 1. The minimum absolute atomic E-state index is 0.0760. The highest BCUT2D eigenvalue weighted by atomic mass is 16.4. The van der Waals surface area contributed by atoms with E-state index in [2.05, 4.69) is 31.2 Å². The Morgan fingerprint density at radius 3 is 2.52 bits per heavy atom. The minimum atomic E-state index is -0.808. The molecule has 1 fully saturated rings. The lowest BCUT2D eigenvalue weighted by molar-refractivity contribution is -0.147. The smallest absolute Gasteiger partial charge is 0.311 e. The SMILES string of the molecule is Cc1ccc(CCCC(=O)N2CCC(C)(C(=O)O)C2)cc1. The van der Waals surface area contributed by atoms with Crippen molar-refractivity contribution in [2.24, 2.45) is 5.41 Å². The third-order valence-electron chi connectivity index (χ3n) is 4.32. The van der Waals surface area contributed by atoms with Crippen LogP contribution in [0.25, 0.3) is 0 Å². The molecule has 0 radical (unpaired) electrons. The van der Waals surface area contributed by atoms with Gasteiger partial charge in [0.2, 0.25) is 5.91 Å². The predicted octanol–water partition coefficient (Wildman–Crippen LogP) is 2.64. The van der Waals surface area contributed by atoms with Gasteiger partial charge in [0.1, 0.15) is 0 Å². The van der Waals surface area contributed by atoms with Crippen molar-refractivity contribution in [1.29, 1.82) is 0 Å². The first kappa shape index (κ1) is 15.5. The summed E-state index contributed by atoms with van der Waals surface area (Å²) in [4.78, 5) is 25.0. The number of carboxylic acid groups (broad SMARTS) is 1. The monoisotopic (exact) mass is 289 g/mol. The van der Waals surface area contributed by atoms with E-state index in [1.165, 1.54) is 11.1 Å². The molecule has 114 valence electrons. The molecule has 1 N–H and O–H groups in total. The van der Waals surface area contributed by atoms with Crippen LogP contribution in [0.15, 0.2) is 24.3 Å². The molecule has 0 aromatic heterocycles. The molecule has 1 atom stereocenters. The second-order valence-electron chi connectivity index (χ2n) is 6.27. The third kappa shape index (κ3) is 3.84. The van der Waals surface area contributed by atoms with Gasteiger partial charge in [0.15, 0.2) is 0 Å². The molecule has 1 aromatic carbocycles. The molecule has 1 saturated heterocycles. The summed E-state index contributed by atoms with van der Waals surface area (Å²) < 4.78 is 0. The van der Waals surface area contributed by atoms with Crippen molar-refractivity contribution in [2.45, 2.75) is 39.5 Å². The van der Waals surface area contributed by atoms with Gasteiger partial charge in [0.05, 0.1) is 5.41 Å².